The Kier molecular flexibility index (Phi) is 5.19. The van der Waals surface area contributed by atoms with Gasteiger partial charge in [0.15, 0.2) is 0 Å². The summed E-state index contributed by atoms with van der Waals surface area (Å²) in [4.78, 5) is 0. The lowest BCUT2D eigenvalue weighted by Crippen LogP contribution is -2.23. The van der Waals surface area contributed by atoms with Crippen LogP contribution in [0.2, 0.25) is 0 Å². The van der Waals surface area contributed by atoms with Gasteiger partial charge in [-0.25, -0.2) is 0 Å². The number of nitrogens with one attached hydrogen (secondary N) is 1. The minimum absolute atomic E-state index is 0.127. The molecule has 2 aromatic rings. The smallest absolute Gasteiger partial charge is 0.117 e. The molecule has 0 unspecified atom stereocenters. The Labute approximate surface area is 114 Å². The van der Waals surface area contributed by atoms with Crippen LogP contribution in [0.3, 0.4) is 0 Å². The summed E-state index contributed by atoms with van der Waals surface area (Å²) in [5, 5.41) is 12.8. The molecule has 0 saturated carbocycles. The maximum atomic E-state index is 9.46. The van der Waals surface area contributed by atoms with Crippen LogP contribution in [0.15, 0.2) is 46.9 Å². The molecule has 1 heterocycles. The van der Waals surface area contributed by atoms with Crippen molar-refractivity contribution in [1.29, 1.82) is 0 Å². The zero-order valence-electron chi connectivity index (χ0n) is 11.3. The van der Waals surface area contributed by atoms with Gasteiger partial charge in [-0.1, -0.05) is 37.3 Å². The van der Waals surface area contributed by atoms with E-state index >= 15 is 0 Å². The fourth-order valence-electron chi connectivity index (χ4n) is 2.09. The van der Waals surface area contributed by atoms with E-state index in [1.165, 1.54) is 0 Å². The Morgan fingerprint density at radius 3 is 2.47 bits per heavy atom. The van der Waals surface area contributed by atoms with Crippen molar-refractivity contribution in [2.45, 2.75) is 25.8 Å². The van der Waals surface area contributed by atoms with Crippen molar-refractivity contribution < 1.29 is 9.52 Å². The van der Waals surface area contributed by atoms with Crippen molar-refractivity contribution in [2.24, 2.45) is 0 Å². The predicted octanol–water partition coefficient (Wildman–Crippen LogP) is 2.71. The summed E-state index contributed by atoms with van der Waals surface area (Å²) >= 11 is 0. The molecule has 0 bridgehead atoms. The number of aliphatic hydroxyl groups is 1. The Bertz CT molecular complexity index is 479. The Morgan fingerprint density at radius 1 is 1.11 bits per heavy atom. The standard InChI is InChI=1S/C16H21NO2/c1-2-15-8-9-16(19-15)11-17-10-14(12-18)13-6-4-3-5-7-13/h3-9,14,17-18H,2,10-12H2,1H3/t14-/m1/s1. The van der Waals surface area contributed by atoms with E-state index in [-0.39, 0.29) is 12.5 Å². The number of benzene rings is 1. The Morgan fingerprint density at radius 2 is 1.84 bits per heavy atom. The van der Waals surface area contributed by atoms with Crippen LogP contribution in [0.25, 0.3) is 0 Å². The van der Waals surface area contributed by atoms with Crippen LogP contribution in [0.5, 0.6) is 0 Å². The van der Waals surface area contributed by atoms with Crippen molar-refractivity contribution in [2.75, 3.05) is 13.2 Å². The molecule has 3 heteroatoms. The minimum atomic E-state index is 0.127. The van der Waals surface area contributed by atoms with Gasteiger partial charge in [-0.3, -0.25) is 0 Å². The van der Waals surface area contributed by atoms with Crippen molar-refractivity contribution in [3.63, 3.8) is 0 Å². The molecule has 1 atom stereocenters. The molecule has 0 aliphatic rings. The van der Waals surface area contributed by atoms with Gasteiger partial charge in [0.05, 0.1) is 13.2 Å². The summed E-state index contributed by atoms with van der Waals surface area (Å²) in [5.74, 6) is 2.09. The molecule has 19 heavy (non-hydrogen) atoms. The summed E-state index contributed by atoms with van der Waals surface area (Å²) in [6, 6.07) is 14.1. The zero-order valence-corrected chi connectivity index (χ0v) is 11.3. The minimum Gasteiger partial charge on any atom is -0.465 e. The van der Waals surface area contributed by atoms with Crippen LogP contribution in [0, 0.1) is 0 Å². The van der Waals surface area contributed by atoms with E-state index in [1.54, 1.807) is 0 Å². The van der Waals surface area contributed by atoms with Gasteiger partial charge in [0.1, 0.15) is 11.5 Å². The average Bonchev–Trinajstić information content (AvgIpc) is 2.92. The first-order valence-corrected chi connectivity index (χ1v) is 6.77. The number of furan rings is 1. The first-order valence-electron chi connectivity index (χ1n) is 6.77. The summed E-state index contributed by atoms with van der Waals surface area (Å²) in [5.41, 5.74) is 1.16. The number of aryl methyl sites for hydroxylation is 1. The largest absolute Gasteiger partial charge is 0.465 e. The molecule has 3 nitrogen and oxygen atoms in total. The molecular formula is C16H21NO2. The molecule has 0 fully saturated rings. The predicted molar refractivity (Wildman–Crippen MR) is 76.1 cm³/mol. The molecule has 1 aromatic carbocycles. The fourth-order valence-corrected chi connectivity index (χ4v) is 2.09. The quantitative estimate of drug-likeness (QED) is 0.803. The van der Waals surface area contributed by atoms with Crippen LogP contribution in [0.1, 0.15) is 29.9 Å². The van der Waals surface area contributed by atoms with Crippen LogP contribution in [-0.4, -0.2) is 18.3 Å². The SMILES string of the molecule is CCc1ccc(CNC[C@H](CO)c2ccccc2)o1. The lowest BCUT2D eigenvalue weighted by molar-refractivity contribution is 0.260. The van der Waals surface area contributed by atoms with Crippen LogP contribution < -0.4 is 5.32 Å². The molecule has 2 N–H and O–H groups in total. The summed E-state index contributed by atoms with van der Waals surface area (Å²) in [7, 11) is 0. The maximum absolute atomic E-state index is 9.46. The first-order chi connectivity index (χ1) is 9.33. The molecule has 2 rings (SSSR count). The van der Waals surface area contributed by atoms with Gasteiger partial charge < -0.3 is 14.8 Å². The van der Waals surface area contributed by atoms with Crippen LogP contribution in [-0.2, 0) is 13.0 Å². The third-order valence-electron chi connectivity index (χ3n) is 3.25. The van der Waals surface area contributed by atoms with Gasteiger partial charge in [0.25, 0.3) is 0 Å². The second kappa shape index (κ2) is 7.12. The van der Waals surface area contributed by atoms with E-state index in [1.807, 2.05) is 42.5 Å². The second-order valence-electron chi connectivity index (χ2n) is 4.64. The summed E-state index contributed by atoms with van der Waals surface area (Å²) in [6.07, 6.45) is 0.920. The third kappa shape index (κ3) is 3.94. The highest BCUT2D eigenvalue weighted by Gasteiger charge is 2.09. The Balaban J connectivity index is 1.83. The average molecular weight is 259 g/mol. The van der Waals surface area contributed by atoms with Crippen LogP contribution >= 0.6 is 0 Å². The summed E-state index contributed by atoms with van der Waals surface area (Å²) < 4.78 is 5.63. The second-order valence-corrected chi connectivity index (χ2v) is 4.64. The van der Waals surface area contributed by atoms with E-state index < -0.39 is 0 Å². The molecule has 0 amide bonds. The van der Waals surface area contributed by atoms with Crippen molar-refractivity contribution in [3.8, 4) is 0 Å². The molecule has 0 aliphatic carbocycles. The number of aliphatic hydroxyl groups excluding tert-OH is 1. The fraction of sp³-hybridized carbons (Fsp3) is 0.375. The topological polar surface area (TPSA) is 45.4 Å². The van der Waals surface area contributed by atoms with E-state index in [0.717, 1.165) is 30.0 Å². The monoisotopic (exact) mass is 259 g/mol. The highest BCUT2D eigenvalue weighted by molar-refractivity contribution is 5.20. The Hall–Kier alpha value is -1.58. The zero-order chi connectivity index (χ0) is 13.5. The van der Waals surface area contributed by atoms with Gasteiger partial charge in [-0.15, -0.1) is 0 Å². The molecule has 0 radical (unpaired) electrons. The highest BCUT2D eigenvalue weighted by Crippen LogP contribution is 2.14. The lowest BCUT2D eigenvalue weighted by Gasteiger charge is -2.14. The van der Waals surface area contributed by atoms with E-state index in [2.05, 4.69) is 12.2 Å². The van der Waals surface area contributed by atoms with E-state index in [9.17, 15) is 5.11 Å². The van der Waals surface area contributed by atoms with E-state index in [0.29, 0.717) is 6.54 Å². The van der Waals surface area contributed by atoms with Gasteiger partial charge >= 0.3 is 0 Å². The number of hydrogen-bond donors (Lipinski definition) is 2. The summed E-state index contributed by atoms with van der Waals surface area (Å²) in [6.45, 7) is 3.66. The van der Waals surface area contributed by atoms with Crippen molar-refractivity contribution in [1.82, 2.24) is 5.32 Å². The van der Waals surface area contributed by atoms with Gasteiger partial charge in [-0.05, 0) is 17.7 Å². The van der Waals surface area contributed by atoms with E-state index in [4.69, 9.17) is 4.42 Å². The third-order valence-corrected chi connectivity index (χ3v) is 3.25. The molecule has 0 aliphatic heterocycles. The first kappa shape index (κ1) is 13.8. The normalized spacial score (nSPS) is 12.5. The van der Waals surface area contributed by atoms with Gasteiger partial charge in [-0.2, -0.15) is 0 Å². The molecular weight excluding hydrogens is 238 g/mol. The molecule has 102 valence electrons. The molecule has 1 aromatic heterocycles. The highest BCUT2D eigenvalue weighted by atomic mass is 16.3. The molecule has 0 spiro atoms. The van der Waals surface area contributed by atoms with Crippen LogP contribution in [0.4, 0.5) is 0 Å². The van der Waals surface area contributed by atoms with Crippen molar-refractivity contribution in [3.05, 3.63) is 59.5 Å². The lowest BCUT2D eigenvalue weighted by atomic mass is 10.0. The van der Waals surface area contributed by atoms with Gasteiger partial charge in [0, 0.05) is 18.9 Å². The molecule has 0 saturated heterocycles. The van der Waals surface area contributed by atoms with Gasteiger partial charge in [0.2, 0.25) is 0 Å². The maximum Gasteiger partial charge on any atom is 0.117 e. The number of rotatable bonds is 7. The number of hydrogen-bond acceptors (Lipinski definition) is 3. The van der Waals surface area contributed by atoms with Crippen molar-refractivity contribution >= 4 is 0 Å².